The van der Waals surface area contributed by atoms with Gasteiger partial charge >= 0.3 is 0 Å². The smallest absolute Gasteiger partial charge is 0.246 e. The maximum absolute atomic E-state index is 13.7. The van der Waals surface area contributed by atoms with E-state index in [-0.39, 0.29) is 23.7 Å². The molecule has 0 spiro atoms. The van der Waals surface area contributed by atoms with E-state index in [1.807, 2.05) is 17.0 Å². The molecule has 0 radical (unpaired) electrons. The number of halogens is 1. The van der Waals surface area contributed by atoms with Gasteiger partial charge in [-0.25, -0.2) is 12.8 Å². The number of hydrogen-bond donors (Lipinski definition) is 0. The standard InChI is InChI=1S/C21H28FN5O3S/c1-16-7-9-25(10-8-16)20-5-6-21(24-23-20)26-11-13-27(14-12-26)31(28,29)19-15-17(22)3-4-18(19)30-2/h3-6,15-16H,7-14H2,1-2H3. The maximum atomic E-state index is 13.7. The Labute approximate surface area is 182 Å². The molecule has 0 unspecified atom stereocenters. The molecule has 8 nitrogen and oxygen atoms in total. The second-order valence-corrected chi connectivity index (χ2v) is 10.0. The van der Waals surface area contributed by atoms with Gasteiger partial charge in [0.1, 0.15) is 16.5 Å². The predicted molar refractivity (Wildman–Crippen MR) is 117 cm³/mol. The molecule has 0 aliphatic carbocycles. The number of rotatable bonds is 5. The van der Waals surface area contributed by atoms with Crippen LogP contribution in [0.2, 0.25) is 0 Å². The van der Waals surface area contributed by atoms with E-state index in [2.05, 4.69) is 22.0 Å². The lowest BCUT2D eigenvalue weighted by atomic mass is 9.99. The van der Waals surface area contributed by atoms with Crippen molar-refractivity contribution < 1.29 is 17.5 Å². The molecule has 2 fully saturated rings. The fourth-order valence-corrected chi connectivity index (χ4v) is 5.63. The van der Waals surface area contributed by atoms with Crippen LogP contribution in [0.1, 0.15) is 19.8 Å². The summed E-state index contributed by atoms with van der Waals surface area (Å²) in [6, 6.07) is 7.45. The molecule has 2 aromatic rings. The van der Waals surface area contributed by atoms with Gasteiger partial charge in [0, 0.05) is 39.3 Å². The van der Waals surface area contributed by atoms with E-state index in [0.29, 0.717) is 13.1 Å². The van der Waals surface area contributed by atoms with Gasteiger partial charge in [-0.2, -0.15) is 4.31 Å². The summed E-state index contributed by atoms with van der Waals surface area (Å²) >= 11 is 0. The summed E-state index contributed by atoms with van der Waals surface area (Å²) < 4.78 is 46.2. The van der Waals surface area contributed by atoms with E-state index in [4.69, 9.17) is 4.74 Å². The van der Waals surface area contributed by atoms with Crippen LogP contribution >= 0.6 is 0 Å². The highest BCUT2D eigenvalue weighted by molar-refractivity contribution is 7.89. The lowest BCUT2D eigenvalue weighted by molar-refractivity contribution is 0.372. The van der Waals surface area contributed by atoms with Crippen molar-refractivity contribution in [2.75, 3.05) is 56.2 Å². The number of piperidine rings is 1. The minimum Gasteiger partial charge on any atom is -0.495 e. The first-order valence-corrected chi connectivity index (χ1v) is 12.0. The van der Waals surface area contributed by atoms with Gasteiger partial charge in [0.15, 0.2) is 11.6 Å². The quantitative estimate of drug-likeness (QED) is 0.693. The molecule has 1 aromatic heterocycles. The Bertz CT molecular complexity index is 1000. The molecule has 3 heterocycles. The number of ether oxygens (including phenoxy) is 1. The van der Waals surface area contributed by atoms with Crippen molar-refractivity contribution in [3.05, 3.63) is 36.1 Å². The van der Waals surface area contributed by atoms with Gasteiger partial charge in [0.25, 0.3) is 0 Å². The number of anilines is 2. The van der Waals surface area contributed by atoms with Crippen LogP contribution < -0.4 is 14.5 Å². The fraction of sp³-hybridized carbons (Fsp3) is 0.524. The zero-order valence-corrected chi connectivity index (χ0v) is 18.7. The molecule has 1 aromatic carbocycles. The van der Waals surface area contributed by atoms with E-state index in [9.17, 15) is 12.8 Å². The molecule has 2 saturated heterocycles. The van der Waals surface area contributed by atoms with Crippen molar-refractivity contribution in [3.63, 3.8) is 0 Å². The second kappa shape index (κ2) is 8.96. The van der Waals surface area contributed by atoms with Crippen molar-refractivity contribution in [1.29, 1.82) is 0 Å². The molecular weight excluding hydrogens is 421 g/mol. The Balaban J connectivity index is 1.41. The highest BCUT2D eigenvalue weighted by Crippen LogP contribution is 2.29. The van der Waals surface area contributed by atoms with E-state index < -0.39 is 15.8 Å². The summed E-state index contributed by atoms with van der Waals surface area (Å²) in [7, 11) is -2.49. The Morgan fingerprint density at radius 3 is 2.06 bits per heavy atom. The monoisotopic (exact) mass is 449 g/mol. The van der Waals surface area contributed by atoms with Crippen molar-refractivity contribution >= 4 is 21.7 Å². The van der Waals surface area contributed by atoms with Crippen LogP contribution in [0.15, 0.2) is 35.2 Å². The third-order valence-electron chi connectivity index (χ3n) is 6.05. The lowest BCUT2D eigenvalue weighted by Gasteiger charge is -2.35. The number of nitrogens with zero attached hydrogens (tertiary/aromatic N) is 5. The predicted octanol–water partition coefficient (Wildman–Crippen LogP) is 2.37. The van der Waals surface area contributed by atoms with Gasteiger partial charge in [-0.1, -0.05) is 6.92 Å². The summed E-state index contributed by atoms with van der Waals surface area (Å²) in [5, 5.41) is 8.77. The lowest BCUT2D eigenvalue weighted by Crippen LogP contribution is -2.49. The number of piperazine rings is 1. The highest BCUT2D eigenvalue weighted by atomic mass is 32.2. The number of aromatic nitrogens is 2. The molecule has 2 aliphatic rings. The van der Waals surface area contributed by atoms with E-state index in [1.54, 1.807) is 0 Å². The SMILES string of the molecule is COc1ccc(F)cc1S(=O)(=O)N1CCN(c2ccc(N3CCC(C)CC3)nn2)CC1. The summed E-state index contributed by atoms with van der Waals surface area (Å²) in [6.07, 6.45) is 2.33. The number of methoxy groups -OCH3 is 1. The van der Waals surface area contributed by atoms with Crippen LogP contribution in [0.3, 0.4) is 0 Å². The first-order chi connectivity index (χ1) is 14.9. The van der Waals surface area contributed by atoms with Gasteiger partial charge in [0.05, 0.1) is 7.11 Å². The number of benzene rings is 1. The van der Waals surface area contributed by atoms with E-state index in [1.165, 1.54) is 23.5 Å². The Morgan fingerprint density at radius 2 is 1.52 bits per heavy atom. The molecule has 2 aliphatic heterocycles. The van der Waals surface area contributed by atoms with Crippen LogP contribution in [-0.2, 0) is 10.0 Å². The summed E-state index contributed by atoms with van der Waals surface area (Å²) in [5.74, 6) is 1.89. The molecule has 0 amide bonds. The zero-order valence-electron chi connectivity index (χ0n) is 17.9. The third kappa shape index (κ3) is 4.59. The average molecular weight is 450 g/mol. The molecule has 0 atom stereocenters. The van der Waals surface area contributed by atoms with Crippen molar-refractivity contribution in [2.24, 2.45) is 5.92 Å². The van der Waals surface area contributed by atoms with E-state index in [0.717, 1.165) is 49.6 Å². The van der Waals surface area contributed by atoms with Crippen LogP contribution in [0.25, 0.3) is 0 Å². The van der Waals surface area contributed by atoms with Crippen LogP contribution in [0.4, 0.5) is 16.0 Å². The molecule has 0 saturated carbocycles. The third-order valence-corrected chi connectivity index (χ3v) is 7.97. The van der Waals surface area contributed by atoms with Gasteiger partial charge in [-0.3, -0.25) is 0 Å². The minimum absolute atomic E-state index is 0.136. The second-order valence-electron chi connectivity index (χ2n) is 8.11. The minimum atomic E-state index is -3.86. The molecule has 168 valence electrons. The average Bonchev–Trinajstić information content (AvgIpc) is 2.80. The summed E-state index contributed by atoms with van der Waals surface area (Å²) in [5.41, 5.74) is 0. The zero-order chi connectivity index (χ0) is 22.0. The molecular formula is C21H28FN5O3S. The van der Waals surface area contributed by atoms with Crippen molar-refractivity contribution in [1.82, 2.24) is 14.5 Å². The molecule has 10 heteroatoms. The fourth-order valence-electron chi connectivity index (χ4n) is 4.04. The van der Waals surface area contributed by atoms with Crippen molar-refractivity contribution in [2.45, 2.75) is 24.7 Å². The molecule has 31 heavy (non-hydrogen) atoms. The van der Waals surface area contributed by atoms with Gasteiger partial charge in [-0.15, -0.1) is 10.2 Å². The van der Waals surface area contributed by atoms with Crippen LogP contribution in [0, 0.1) is 11.7 Å². The molecule has 4 rings (SSSR count). The first kappa shape index (κ1) is 21.8. The van der Waals surface area contributed by atoms with Gasteiger partial charge in [0.2, 0.25) is 10.0 Å². The Morgan fingerprint density at radius 1 is 0.935 bits per heavy atom. The largest absolute Gasteiger partial charge is 0.495 e. The van der Waals surface area contributed by atoms with E-state index >= 15 is 0 Å². The van der Waals surface area contributed by atoms with Crippen LogP contribution in [-0.4, -0.2) is 69.3 Å². The summed E-state index contributed by atoms with van der Waals surface area (Å²) in [4.78, 5) is 4.13. The van der Waals surface area contributed by atoms with Crippen LogP contribution in [0.5, 0.6) is 5.75 Å². The maximum Gasteiger partial charge on any atom is 0.246 e. The molecule has 0 N–H and O–H groups in total. The first-order valence-electron chi connectivity index (χ1n) is 10.6. The van der Waals surface area contributed by atoms with Gasteiger partial charge < -0.3 is 14.5 Å². The van der Waals surface area contributed by atoms with Gasteiger partial charge in [-0.05, 0) is 49.1 Å². The number of hydrogen-bond acceptors (Lipinski definition) is 7. The summed E-state index contributed by atoms with van der Waals surface area (Å²) in [6.45, 7) is 5.77. The molecule has 0 bridgehead atoms. The normalized spacial score (nSPS) is 18.9. The highest BCUT2D eigenvalue weighted by Gasteiger charge is 2.31. The Hall–Kier alpha value is -2.46. The topological polar surface area (TPSA) is 78.9 Å². The Kier molecular flexibility index (Phi) is 6.29. The number of sulfonamides is 1. The van der Waals surface area contributed by atoms with Crippen molar-refractivity contribution in [3.8, 4) is 5.75 Å².